The van der Waals surface area contributed by atoms with E-state index in [0.29, 0.717) is 12.1 Å². The molecule has 0 spiro atoms. The number of nitrogens with one attached hydrogen (secondary N) is 1. The first-order valence-electron chi connectivity index (χ1n) is 7.10. The van der Waals surface area contributed by atoms with E-state index in [0.717, 1.165) is 12.8 Å². The minimum Gasteiger partial charge on any atom is -0.397 e. The molecule has 1 aliphatic carbocycles. The van der Waals surface area contributed by atoms with Crippen LogP contribution < -0.4 is 16.8 Å². The van der Waals surface area contributed by atoms with Gasteiger partial charge in [0.1, 0.15) is 11.6 Å². The molecule has 0 aromatic heterocycles. The molecule has 5 N–H and O–H groups in total. The number of carbonyl (C=O) groups is 2. The number of nitriles is 1. The van der Waals surface area contributed by atoms with Crippen molar-refractivity contribution in [1.29, 1.82) is 5.26 Å². The van der Waals surface area contributed by atoms with E-state index in [1.165, 1.54) is 6.07 Å². The summed E-state index contributed by atoms with van der Waals surface area (Å²) in [5.41, 5.74) is 12.9. The third kappa shape index (κ3) is 2.21. The molecular weight excluding hydrogens is 280 g/mol. The molecule has 1 aromatic rings. The van der Waals surface area contributed by atoms with Crippen molar-refractivity contribution in [3.8, 4) is 6.07 Å². The van der Waals surface area contributed by atoms with Crippen molar-refractivity contribution >= 4 is 28.6 Å². The van der Waals surface area contributed by atoms with Gasteiger partial charge in [0, 0.05) is 18.3 Å². The molecule has 22 heavy (non-hydrogen) atoms. The molecule has 114 valence electrons. The number of nitrogens with two attached hydrogens (primary N) is 2. The van der Waals surface area contributed by atoms with Crippen molar-refractivity contribution in [3.05, 3.63) is 28.3 Å². The third-order valence-electron chi connectivity index (χ3n) is 3.82. The van der Waals surface area contributed by atoms with Crippen LogP contribution in [-0.4, -0.2) is 18.6 Å². The van der Waals surface area contributed by atoms with Crippen LogP contribution in [0.1, 0.15) is 46.9 Å². The number of carbonyl (C=O) groups excluding carboxylic acids is 2. The maximum Gasteiger partial charge on any atom is 0.206 e. The zero-order valence-corrected chi connectivity index (χ0v) is 12.6. The lowest BCUT2D eigenvalue weighted by Gasteiger charge is -2.22. The zero-order chi connectivity index (χ0) is 16.4. The largest absolute Gasteiger partial charge is 0.397 e. The van der Waals surface area contributed by atoms with Gasteiger partial charge in [-0.05, 0) is 18.9 Å². The van der Waals surface area contributed by atoms with Gasteiger partial charge in [-0.1, -0.05) is 13.3 Å². The summed E-state index contributed by atoms with van der Waals surface area (Å²) in [6, 6.07) is 3.38. The van der Waals surface area contributed by atoms with Gasteiger partial charge in [-0.15, -0.1) is 0 Å². The molecule has 0 amide bonds. The summed E-state index contributed by atoms with van der Waals surface area (Å²) >= 11 is 0. The molecule has 0 fully saturated rings. The molecule has 0 atom stereocenters. The number of allylic oxidation sites excluding steroid dienone is 2. The number of Topliss-reactive ketones (excluding diaryl/α,β-unsaturated/α-hetero) is 2. The summed E-state index contributed by atoms with van der Waals surface area (Å²) in [6.45, 7) is 1.97. The Morgan fingerprint density at radius 2 is 1.91 bits per heavy atom. The van der Waals surface area contributed by atoms with E-state index >= 15 is 0 Å². The Hall–Kier alpha value is -2.81. The zero-order valence-electron chi connectivity index (χ0n) is 12.6. The van der Waals surface area contributed by atoms with Gasteiger partial charge in [0.15, 0.2) is 5.78 Å². The molecule has 0 unspecified atom stereocenters. The quantitative estimate of drug-likeness (QED) is 0.733. The van der Waals surface area contributed by atoms with E-state index in [1.807, 2.05) is 13.0 Å². The average molecular weight is 298 g/mol. The Morgan fingerprint density at radius 3 is 2.45 bits per heavy atom. The van der Waals surface area contributed by atoms with Gasteiger partial charge in [0.2, 0.25) is 5.78 Å². The Bertz CT molecular complexity index is 741. The van der Waals surface area contributed by atoms with E-state index in [1.54, 1.807) is 7.05 Å². The molecule has 1 aliphatic rings. The van der Waals surface area contributed by atoms with E-state index in [4.69, 9.17) is 11.5 Å². The first-order chi connectivity index (χ1) is 10.5. The van der Waals surface area contributed by atoms with Gasteiger partial charge >= 0.3 is 0 Å². The lowest BCUT2D eigenvalue weighted by molar-refractivity contribution is 0.0976. The van der Waals surface area contributed by atoms with Crippen molar-refractivity contribution in [2.75, 3.05) is 23.8 Å². The molecule has 0 saturated heterocycles. The molecule has 0 bridgehead atoms. The highest BCUT2D eigenvalue weighted by Crippen LogP contribution is 2.39. The molecule has 0 aliphatic heterocycles. The number of nitrogens with zero attached hydrogens (tertiary/aromatic N) is 1. The van der Waals surface area contributed by atoms with Gasteiger partial charge in [0.25, 0.3) is 0 Å². The summed E-state index contributed by atoms with van der Waals surface area (Å²) in [5, 5.41) is 12.1. The Kier molecular flexibility index (Phi) is 4.18. The third-order valence-corrected chi connectivity index (χ3v) is 3.82. The van der Waals surface area contributed by atoms with E-state index in [-0.39, 0.29) is 39.4 Å². The minimum atomic E-state index is -0.473. The van der Waals surface area contributed by atoms with Gasteiger partial charge in [0.05, 0.1) is 22.5 Å². The van der Waals surface area contributed by atoms with Gasteiger partial charge in [-0.3, -0.25) is 9.59 Å². The second-order valence-corrected chi connectivity index (χ2v) is 5.15. The lowest BCUT2D eigenvalue weighted by atomic mass is 9.80. The number of rotatable bonds is 4. The standard InChI is InChI=1S/C16H18N4O2/c1-3-4-5-8-9(7-17)16(22)12-11(20-2)6-10(18)14(19)13(12)15(8)21/h6,20H,3-5,18-19H2,1-2H3. The van der Waals surface area contributed by atoms with E-state index < -0.39 is 5.78 Å². The number of nitrogen functional groups attached to an aromatic ring is 2. The number of hydrogen-bond donors (Lipinski definition) is 3. The highest BCUT2D eigenvalue weighted by atomic mass is 16.1. The second kappa shape index (κ2) is 5.90. The molecule has 0 saturated carbocycles. The van der Waals surface area contributed by atoms with Crippen LogP contribution >= 0.6 is 0 Å². The second-order valence-electron chi connectivity index (χ2n) is 5.15. The molecule has 2 rings (SSSR count). The predicted molar refractivity (Wildman–Crippen MR) is 85.6 cm³/mol. The number of hydrogen-bond acceptors (Lipinski definition) is 6. The normalized spacial score (nSPS) is 13.9. The van der Waals surface area contributed by atoms with E-state index in [2.05, 4.69) is 5.32 Å². The van der Waals surface area contributed by atoms with Crippen LogP contribution in [0.3, 0.4) is 0 Å². The molecule has 6 nitrogen and oxygen atoms in total. The van der Waals surface area contributed by atoms with Crippen molar-refractivity contribution < 1.29 is 9.59 Å². The topological polar surface area (TPSA) is 122 Å². The summed E-state index contributed by atoms with van der Waals surface area (Å²) < 4.78 is 0. The van der Waals surface area contributed by atoms with Gasteiger partial charge in [-0.2, -0.15) is 5.26 Å². The Morgan fingerprint density at radius 1 is 1.23 bits per heavy atom. The first kappa shape index (κ1) is 15.6. The maximum atomic E-state index is 12.8. The van der Waals surface area contributed by atoms with Crippen LogP contribution in [0.5, 0.6) is 0 Å². The fourth-order valence-corrected chi connectivity index (χ4v) is 2.62. The highest BCUT2D eigenvalue weighted by molar-refractivity contribution is 6.32. The van der Waals surface area contributed by atoms with Gasteiger partial charge < -0.3 is 16.8 Å². The van der Waals surface area contributed by atoms with Crippen LogP contribution in [0.2, 0.25) is 0 Å². The van der Waals surface area contributed by atoms with Crippen molar-refractivity contribution in [3.63, 3.8) is 0 Å². The van der Waals surface area contributed by atoms with Crippen LogP contribution in [0.4, 0.5) is 17.1 Å². The number of ketones is 2. The first-order valence-corrected chi connectivity index (χ1v) is 7.10. The summed E-state index contributed by atoms with van der Waals surface area (Å²) in [5.74, 6) is -0.847. The molecule has 1 aromatic carbocycles. The molecule has 0 heterocycles. The predicted octanol–water partition coefficient (Wildman–Crippen LogP) is 2.28. The monoisotopic (exact) mass is 298 g/mol. The van der Waals surface area contributed by atoms with Crippen LogP contribution in [0, 0.1) is 11.3 Å². The van der Waals surface area contributed by atoms with Crippen molar-refractivity contribution in [2.24, 2.45) is 0 Å². The number of benzene rings is 1. The van der Waals surface area contributed by atoms with Crippen molar-refractivity contribution in [2.45, 2.75) is 26.2 Å². The molecule has 6 heteroatoms. The highest BCUT2D eigenvalue weighted by Gasteiger charge is 2.36. The smallest absolute Gasteiger partial charge is 0.206 e. The van der Waals surface area contributed by atoms with Crippen molar-refractivity contribution in [1.82, 2.24) is 0 Å². The Balaban J connectivity index is 2.76. The number of anilines is 3. The number of fused-ring (bicyclic) bond motifs is 1. The lowest BCUT2D eigenvalue weighted by Crippen LogP contribution is -2.25. The van der Waals surface area contributed by atoms with E-state index in [9.17, 15) is 14.9 Å². The maximum absolute atomic E-state index is 12.8. The average Bonchev–Trinajstić information content (AvgIpc) is 2.51. The van der Waals surface area contributed by atoms with Crippen LogP contribution in [0.25, 0.3) is 0 Å². The fourth-order valence-electron chi connectivity index (χ4n) is 2.62. The minimum absolute atomic E-state index is 0.0911. The Labute approximate surface area is 128 Å². The summed E-state index contributed by atoms with van der Waals surface area (Å²) in [4.78, 5) is 25.4. The van der Waals surface area contributed by atoms with Crippen LogP contribution in [0.15, 0.2) is 17.2 Å². The number of unbranched alkanes of at least 4 members (excludes halogenated alkanes) is 1. The SMILES string of the molecule is CCCCC1=C(C#N)C(=O)c2c(NC)cc(N)c(N)c2C1=O. The van der Waals surface area contributed by atoms with Gasteiger partial charge in [-0.25, -0.2) is 0 Å². The van der Waals surface area contributed by atoms with Crippen LogP contribution in [-0.2, 0) is 0 Å². The molecular formula is C16H18N4O2. The summed E-state index contributed by atoms with van der Waals surface area (Å²) in [7, 11) is 1.62. The summed E-state index contributed by atoms with van der Waals surface area (Å²) in [6.07, 6.45) is 1.95. The fraction of sp³-hybridized carbons (Fsp3) is 0.312. The molecule has 0 radical (unpaired) electrons.